The topological polar surface area (TPSA) is 97.1 Å². The monoisotopic (exact) mass is 475 g/mol. The van der Waals surface area contributed by atoms with Gasteiger partial charge in [0.05, 0.1) is 11.9 Å². The Hall–Kier alpha value is -3.63. The summed E-state index contributed by atoms with van der Waals surface area (Å²) in [5, 5.41) is 18.0. The zero-order valence-corrected chi connectivity index (χ0v) is 19.9. The van der Waals surface area contributed by atoms with Gasteiger partial charge in [0.15, 0.2) is 0 Å². The molecule has 5 aromatic rings. The molecule has 2 amide bonds. The number of imidazole rings is 1. The number of thiazole rings is 1. The molecule has 10 heteroatoms. The third-order valence-corrected chi connectivity index (χ3v) is 7.00. The van der Waals surface area contributed by atoms with E-state index < -0.39 is 0 Å². The molecular formula is C23H21N7OS2. The van der Waals surface area contributed by atoms with Crippen molar-refractivity contribution in [3.63, 3.8) is 0 Å². The molecule has 0 aliphatic heterocycles. The number of pyridine rings is 1. The molecule has 0 fully saturated rings. The molecule has 1 aromatic carbocycles. The van der Waals surface area contributed by atoms with E-state index in [1.807, 2.05) is 58.6 Å². The fraction of sp³-hybridized carbons (Fsp3) is 0.174. The van der Waals surface area contributed by atoms with Crippen molar-refractivity contribution in [2.75, 3.05) is 10.6 Å². The lowest BCUT2D eigenvalue weighted by Gasteiger charge is -2.12. The number of carbonyl (C=O) groups excluding carboxylic acids is 1. The van der Waals surface area contributed by atoms with Crippen molar-refractivity contribution in [1.82, 2.24) is 24.6 Å². The van der Waals surface area contributed by atoms with Gasteiger partial charge in [0.2, 0.25) is 5.13 Å². The number of aromatic nitrogens is 5. The Morgan fingerprint density at radius 2 is 1.82 bits per heavy atom. The van der Waals surface area contributed by atoms with Gasteiger partial charge in [0.25, 0.3) is 0 Å². The van der Waals surface area contributed by atoms with E-state index in [1.165, 1.54) is 11.3 Å². The molecule has 4 heterocycles. The van der Waals surface area contributed by atoms with Crippen LogP contribution in [0.15, 0.2) is 60.4 Å². The number of rotatable bonds is 4. The molecule has 0 saturated carbocycles. The molecule has 4 aromatic heterocycles. The third kappa shape index (κ3) is 4.48. The van der Waals surface area contributed by atoms with E-state index in [9.17, 15) is 4.79 Å². The number of nitrogens with one attached hydrogen (secondary N) is 2. The van der Waals surface area contributed by atoms with Gasteiger partial charge in [-0.05, 0) is 24.3 Å². The van der Waals surface area contributed by atoms with Crippen LogP contribution in [0.5, 0.6) is 0 Å². The van der Waals surface area contributed by atoms with Crippen LogP contribution in [0.2, 0.25) is 0 Å². The standard InChI is InChI=1S/C23H21N7OS2/c1-23(2,3)20-28-29-22(33-20)27-21(31)26-16-6-4-14(5-7-16)17-13-25-18-12-15(8-10-30(17)18)19-24-9-11-32-19/h4-13H,1-3H3,(H2,26,27,29,31). The van der Waals surface area contributed by atoms with Crippen molar-refractivity contribution in [1.29, 1.82) is 0 Å². The fourth-order valence-electron chi connectivity index (χ4n) is 3.25. The minimum atomic E-state index is -0.358. The smallest absolute Gasteiger partial charge is 0.308 e. The van der Waals surface area contributed by atoms with Gasteiger partial charge < -0.3 is 5.32 Å². The Balaban J connectivity index is 1.29. The van der Waals surface area contributed by atoms with Crippen LogP contribution >= 0.6 is 22.7 Å². The van der Waals surface area contributed by atoms with E-state index in [1.54, 1.807) is 17.5 Å². The van der Waals surface area contributed by atoms with E-state index in [4.69, 9.17) is 0 Å². The third-order valence-electron chi connectivity index (χ3n) is 4.92. The van der Waals surface area contributed by atoms with Crippen LogP contribution in [0, 0.1) is 0 Å². The van der Waals surface area contributed by atoms with Gasteiger partial charge in [0.1, 0.15) is 15.7 Å². The molecule has 5 rings (SSSR count). The summed E-state index contributed by atoms with van der Waals surface area (Å²) in [6, 6.07) is 11.3. The molecular weight excluding hydrogens is 454 g/mol. The Bertz CT molecular complexity index is 1410. The SMILES string of the molecule is CC(C)(C)c1nnc(NC(=O)Nc2ccc(-c3cnc4cc(-c5nccs5)ccn34)cc2)s1. The van der Waals surface area contributed by atoms with E-state index in [-0.39, 0.29) is 11.4 Å². The van der Waals surface area contributed by atoms with Gasteiger partial charge in [-0.25, -0.2) is 14.8 Å². The van der Waals surface area contributed by atoms with Crippen LogP contribution in [0.3, 0.4) is 0 Å². The first kappa shape index (κ1) is 21.2. The molecule has 0 spiro atoms. The van der Waals surface area contributed by atoms with Crippen LogP contribution < -0.4 is 10.6 Å². The molecule has 0 aliphatic carbocycles. The fourth-order valence-corrected chi connectivity index (χ4v) is 4.69. The summed E-state index contributed by atoms with van der Waals surface area (Å²) < 4.78 is 2.04. The average molecular weight is 476 g/mol. The van der Waals surface area contributed by atoms with Crippen molar-refractivity contribution in [3.05, 3.63) is 65.4 Å². The van der Waals surface area contributed by atoms with E-state index in [2.05, 4.69) is 51.6 Å². The van der Waals surface area contributed by atoms with Crippen LogP contribution in [0.25, 0.3) is 27.5 Å². The molecule has 0 radical (unpaired) electrons. The van der Waals surface area contributed by atoms with Gasteiger partial charge in [0, 0.05) is 40.0 Å². The van der Waals surface area contributed by atoms with Crippen molar-refractivity contribution in [2.24, 2.45) is 0 Å². The Labute approximate surface area is 198 Å². The van der Waals surface area contributed by atoms with E-state index >= 15 is 0 Å². The minimum Gasteiger partial charge on any atom is -0.308 e. The number of nitrogens with zero attached hydrogens (tertiary/aromatic N) is 5. The van der Waals surface area contributed by atoms with E-state index in [0.717, 1.165) is 32.5 Å². The highest BCUT2D eigenvalue weighted by Crippen LogP contribution is 2.29. The van der Waals surface area contributed by atoms with Gasteiger partial charge in [-0.1, -0.05) is 44.2 Å². The highest BCUT2D eigenvalue weighted by Gasteiger charge is 2.20. The van der Waals surface area contributed by atoms with Crippen molar-refractivity contribution in [2.45, 2.75) is 26.2 Å². The lowest BCUT2D eigenvalue weighted by molar-refractivity contribution is 0.262. The van der Waals surface area contributed by atoms with Crippen LogP contribution in [-0.4, -0.2) is 30.6 Å². The minimum absolute atomic E-state index is 0.107. The second kappa shape index (κ2) is 8.38. The molecule has 166 valence electrons. The summed E-state index contributed by atoms with van der Waals surface area (Å²) in [6.45, 7) is 6.17. The molecule has 8 nitrogen and oxygen atoms in total. The highest BCUT2D eigenvalue weighted by atomic mass is 32.1. The maximum absolute atomic E-state index is 12.4. The molecule has 0 atom stereocenters. The van der Waals surface area contributed by atoms with Crippen LogP contribution in [0.1, 0.15) is 25.8 Å². The number of amides is 2. The number of carbonyl (C=O) groups is 1. The van der Waals surface area contributed by atoms with Gasteiger partial charge in [-0.3, -0.25) is 9.72 Å². The number of fused-ring (bicyclic) bond motifs is 1. The Morgan fingerprint density at radius 3 is 2.52 bits per heavy atom. The zero-order chi connectivity index (χ0) is 23.0. The first-order valence-electron chi connectivity index (χ1n) is 10.3. The van der Waals surface area contributed by atoms with Crippen molar-refractivity contribution >= 4 is 45.2 Å². The molecule has 0 saturated heterocycles. The summed E-state index contributed by atoms with van der Waals surface area (Å²) in [7, 11) is 0. The summed E-state index contributed by atoms with van der Waals surface area (Å²) in [5.41, 5.74) is 4.43. The largest absolute Gasteiger partial charge is 0.325 e. The summed E-state index contributed by atoms with van der Waals surface area (Å²) in [6.07, 6.45) is 5.65. The maximum Gasteiger partial charge on any atom is 0.325 e. The Morgan fingerprint density at radius 1 is 1.00 bits per heavy atom. The molecule has 2 N–H and O–H groups in total. The van der Waals surface area contributed by atoms with Gasteiger partial charge in [-0.15, -0.1) is 21.5 Å². The first-order valence-corrected chi connectivity index (χ1v) is 12.0. The average Bonchev–Trinajstić information content (AvgIpc) is 3.54. The number of benzene rings is 1. The van der Waals surface area contributed by atoms with Gasteiger partial charge >= 0.3 is 6.03 Å². The second-order valence-corrected chi connectivity index (χ2v) is 10.3. The molecule has 0 bridgehead atoms. The summed E-state index contributed by atoms with van der Waals surface area (Å²) in [4.78, 5) is 21.3. The van der Waals surface area contributed by atoms with E-state index in [0.29, 0.717) is 10.8 Å². The number of urea groups is 1. The lowest BCUT2D eigenvalue weighted by Crippen LogP contribution is -2.19. The van der Waals surface area contributed by atoms with Crippen LogP contribution in [-0.2, 0) is 5.41 Å². The molecule has 33 heavy (non-hydrogen) atoms. The zero-order valence-electron chi connectivity index (χ0n) is 18.2. The van der Waals surface area contributed by atoms with Gasteiger partial charge in [-0.2, -0.15) is 0 Å². The summed E-state index contributed by atoms with van der Waals surface area (Å²) >= 11 is 2.98. The number of hydrogen-bond donors (Lipinski definition) is 2. The Kier molecular flexibility index (Phi) is 5.39. The maximum atomic E-state index is 12.4. The summed E-state index contributed by atoms with van der Waals surface area (Å²) in [5.74, 6) is 0. The predicted molar refractivity (Wildman–Crippen MR) is 133 cm³/mol. The quantitative estimate of drug-likeness (QED) is 0.336. The lowest BCUT2D eigenvalue weighted by atomic mass is 9.98. The normalized spacial score (nSPS) is 11.6. The highest BCUT2D eigenvalue weighted by molar-refractivity contribution is 7.15. The predicted octanol–water partition coefficient (Wildman–Crippen LogP) is 5.92. The van der Waals surface area contributed by atoms with Crippen molar-refractivity contribution in [3.8, 4) is 21.8 Å². The molecule has 0 aliphatic rings. The number of anilines is 2. The van der Waals surface area contributed by atoms with Crippen LogP contribution in [0.4, 0.5) is 15.6 Å². The first-order chi connectivity index (χ1) is 15.9. The second-order valence-electron chi connectivity index (χ2n) is 8.44. The van der Waals surface area contributed by atoms with Crippen molar-refractivity contribution < 1.29 is 4.79 Å². The molecule has 0 unspecified atom stereocenters. The number of hydrogen-bond acceptors (Lipinski definition) is 7.